The van der Waals surface area contributed by atoms with E-state index in [2.05, 4.69) is 10.6 Å². The largest absolute Gasteiger partial charge is 0.339 e. The zero-order valence-corrected chi connectivity index (χ0v) is 24.2. The highest BCUT2D eigenvalue weighted by atomic mass is 35.5. The fourth-order valence-electron chi connectivity index (χ4n) is 7.05. The van der Waals surface area contributed by atoms with Gasteiger partial charge in [-0.1, -0.05) is 44.5 Å². The van der Waals surface area contributed by atoms with Crippen molar-refractivity contribution in [2.75, 3.05) is 31.5 Å². The van der Waals surface area contributed by atoms with E-state index >= 15 is 0 Å². The van der Waals surface area contributed by atoms with Crippen LogP contribution in [0.3, 0.4) is 0 Å². The molecule has 1 saturated carbocycles. The number of fused-ring (bicyclic) bond motifs is 2. The number of hydrogen-bond donors (Lipinski definition) is 2. The summed E-state index contributed by atoms with van der Waals surface area (Å²) in [4.78, 5) is 44.7. The summed E-state index contributed by atoms with van der Waals surface area (Å²) >= 11 is 6.43. The summed E-state index contributed by atoms with van der Waals surface area (Å²) < 4.78 is 29.2. The Labute approximate surface area is 243 Å². The van der Waals surface area contributed by atoms with Crippen LogP contribution in [0.1, 0.15) is 57.1 Å². The van der Waals surface area contributed by atoms with E-state index in [1.54, 1.807) is 23.1 Å². The van der Waals surface area contributed by atoms with E-state index in [0.717, 1.165) is 25.0 Å². The van der Waals surface area contributed by atoms with Crippen LogP contribution in [0, 0.1) is 23.0 Å². The van der Waals surface area contributed by atoms with Gasteiger partial charge in [-0.2, -0.15) is 0 Å². The second kappa shape index (κ2) is 10.1. The van der Waals surface area contributed by atoms with Gasteiger partial charge in [-0.15, -0.1) is 0 Å². The maximum Gasteiger partial charge on any atom is 0.240 e. The Morgan fingerprint density at radius 2 is 1.63 bits per heavy atom. The highest BCUT2D eigenvalue weighted by Gasteiger charge is 2.66. The van der Waals surface area contributed by atoms with Gasteiger partial charge in [0.05, 0.1) is 6.04 Å². The quantitative estimate of drug-likeness (QED) is 0.556. The standard InChI is InChI=1S/C31H35ClF2N4O3/c1-30(2,3)16-24-31(20-14-21(33)22(34)15-23(20)35-29(31)41)25(18-5-4-6-19(32)13-18)26(36-24)28(40)38-11-9-37(10-12-38)27(39)17-7-8-17/h4-6,13-15,17,24-26,36H,7-12,16H2,1-3H3,(H,35,41)/t24-,25+,26-,31+/m1/s1. The molecule has 2 saturated heterocycles. The van der Waals surface area contributed by atoms with Crippen LogP contribution in [0.25, 0.3) is 0 Å². The first kappa shape index (κ1) is 28.1. The monoisotopic (exact) mass is 584 g/mol. The van der Waals surface area contributed by atoms with Gasteiger partial charge in [0.1, 0.15) is 5.41 Å². The van der Waals surface area contributed by atoms with Crippen molar-refractivity contribution in [1.29, 1.82) is 0 Å². The molecule has 3 amide bonds. The summed E-state index contributed by atoms with van der Waals surface area (Å²) in [7, 11) is 0. The summed E-state index contributed by atoms with van der Waals surface area (Å²) in [5.41, 5.74) is -0.454. The molecule has 10 heteroatoms. The lowest BCUT2D eigenvalue weighted by atomic mass is 9.62. The van der Waals surface area contributed by atoms with Gasteiger partial charge in [-0.3, -0.25) is 14.4 Å². The van der Waals surface area contributed by atoms with Crippen molar-refractivity contribution in [2.45, 2.75) is 63.5 Å². The minimum atomic E-state index is -1.40. The van der Waals surface area contributed by atoms with Crippen molar-refractivity contribution in [3.8, 4) is 0 Å². The number of nitrogens with one attached hydrogen (secondary N) is 2. The van der Waals surface area contributed by atoms with Crippen LogP contribution in [0.15, 0.2) is 36.4 Å². The molecule has 3 fully saturated rings. The van der Waals surface area contributed by atoms with Gasteiger partial charge in [-0.25, -0.2) is 8.78 Å². The van der Waals surface area contributed by atoms with Gasteiger partial charge in [0.2, 0.25) is 17.7 Å². The number of halogens is 3. The van der Waals surface area contributed by atoms with E-state index in [9.17, 15) is 23.2 Å². The minimum Gasteiger partial charge on any atom is -0.339 e. The highest BCUT2D eigenvalue weighted by molar-refractivity contribution is 6.30. The molecule has 4 atom stereocenters. The van der Waals surface area contributed by atoms with E-state index < -0.39 is 41.0 Å². The molecular formula is C31H35ClF2N4O3. The number of hydrogen-bond acceptors (Lipinski definition) is 4. The SMILES string of the molecule is CC(C)(C)C[C@H]1N[C@@H](C(=O)N2CCN(C(=O)C3CC3)CC2)[C@H](c2cccc(Cl)c2)[C@@]12C(=O)Nc1cc(F)c(F)cc12. The average molecular weight is 585 g/mol. The molecular weight excluding hydrogens is 550 g/mol. The number of piperazine rings is 1. The number of carbonyl (C=O) groups is 3. The molecule has 0 radical (unpaired) electrons. The molecule has 6 rings (SSSR count). The molecule has 1 aliphatic carbocycles. The Hall–Kier alpha value is -3.04. The Morgan fingerprint density at radius 3 is 2.24 bits per heavy atom. The van der Waals surface area contributed by atoms with Gasteiger partial charge in [0.15, 0.2) is 11.6 Å². The van der Waals surface area contributed by atoms with E-state index in [1.165, 1.54) is 0 Å². The molecule has 2 aromatic carbocycles. The molecule has 3 aliphatic heterocycles. The number of amides is 3. The first-order chi connectivity index (χ1) is 19.4. The van der Waals surface area contributed by atoms with Crippen molar-refractivity contribution < 1.29 is 23.2 Å². The molecule has 1 spiro atoms. The van der Waals surface area contributed by atoms with Gasteiger partial charge >= 0.3 is 0 Å². The number of rotatable bonds is 4. The summed E-state index contributed by atoms with van der Waals surface area (Å²) in [6, 6.07) is 7.78. The second-order valence-electron chi connectivity index (χ2n) is 13.1. The Kier molecular flexibility index (Phi) is 6.89. The predicted molar refractivity (Wildman–Crippen MR) is 152 cm³/mol. The summed E-state index contributed by atoms with van der Waals surface area (Å²) in [6.07, 6.45) is 2.34. The molecule has 41 heavy (non-hydrogen) atoms. The summed E-state index contributed by atoms with van der Waals surface area (Å²) in [5.74, 6) is -3.17. The molecule has 2 N–H and O–H groups in total. The Bertz CT molecular complexity index is 1420. The van der Waals surface area contributed by atoms with Crippen molar-refractivity contribution >= 4 is 35.0 Å². The zero-order chi connectivity index (χ0) is 29.3. The number of carbonyl (C=O) groups excluding carboxylic acids is 3. The number of nitrogens with zero attached hydrogens (tertiary/aromatic N) is 2. The summed E-state index contributed by atoms with van der Waals surface area (Å²) in [6.45, 7) is 7.82. The van der Waals surface area contributed by atoms with Crippen molar-refractivity contribution in [2.24, 2.45) is 11.3 Å². The predicted octanol–water partition coefficient (Wildman–Crippen LogP) is 4.45. The van der Waals surface area contributed by atoms with Crippen LogP contribution in [-0.4, -0.2) is 65.8 Å². The van der Waals surface area contributed by atoms with Crippen LogP contribution in [0.5, 0.6) is 0 Å². The lowest BCUT2D eigenvalue weighted by molar-refractivity contribution is -0.141. The van der Waals surface area contributed by atoms with Crippen LogP contribution < -0.4 is 10.6 Å². The van der Waals surface area contributed by atoms with Gasteiger partial charge in [0.25, 0.3) is 0 Å². The maximum atomic E-state index is 14.8. The smallest absolute Gasteiger partial charge is 0.240 e. The Morgan fingerprint density at radius 1 is 1.00 bits per heavy atom. The van der Waals surface area contributed by atoms with E-state index in [4.69, 9.17) is 11.6 Å². The molecule has 2 aromatic rings. The normalized spacial score (nSPS) is 27.8. The van der Waals surface area contributed by atoms with Crippen molar-refractivity contribution in [3.05, 3.63) is 64.2 Å². The molecule has 3 heterocycles. The highest BCUT2D eigenvalue weighted by Crippen LogP contribution is 2.57. The van der Waals surface area contributed by atoms with Gasteiger partial charge in [-0.05, 0) is 54.0 Å². The third-order valence-electron chi connectivity index (χ3n) is 9.00. The maximum absolute atomic E-state index is 14.8. The molecule has 0 unspecified atom stereocenters. The lowest BCUT2D eigenvalue weighted by Crippen LogP contribution is -2.55. The topological polar surface area (TPSA) is 81.8 Å². The van der Waals surface area contributed by atoms with Crippen LogP contribution in [0.2, 0.25) is 5.02 Å². The molecule has 7 nitrogen and oxygen atoms in total. The lowest BCUT2D eigenvalue weighted by Gasteiger charge is -2.39. The van der Waals surface area contributed by atoms with Crippen LogP contribution in [-0.2, 0) is 19.8 Å². The number of anilines is 1. The zero-order valence-electron chi connectivity index (χ0n) is 23.5. The van der Waals surface area contributed by atoms with E-state index in [-0.39, 0.29) is 28.8 Å². The van der Waals surface area contributed by atoms with Crippen LogP contribution in [0.4, 0.5) is 14.5 Å². The molecule has 4 aliphatic rings. The van der Waals surface area contributed by atoms with Crippen molar-refractivity contribution in [3.63, 3.8) is 0 Å². The third kappa shape index (κ3) is 4.80. The van der Waals surface area contributed by atoms with Crippen LogP contribution >= 0.6 is 11.6 Å². The fourth-order valence-corrected chi connectivity index (χ4v) is 7.25. The second-order valence-corrected chi connectivity index (χ2v) is 13.5. The minimum absolute atomic E-state index is 0.116. The molecule has 218 valence electrons. The third-order valence-corrected chi connectivity index (χ3v) is 9.24. The van der Waals surface area contributed by atoms with Gasteiger partial charge < -0.3 is 20.4 Å². The van der Waals surface area contributed by atoms with Crippen molar-refractivity contribution in [1.82, 2.24) is 15.1 Å². The molecule has 0 aromatic heterocycles. The first-order valence-corrected chi connectivity index (χ1v) is 14.7. The van der Waals surface area contributed by atoms with E-state index in [1.807, 2.05) is 31.7 Å². The van der Waals surface area contributed by atoms with Gasteiger partial charge in [0, 0.05) is 60.8 Å². The average Bonchev–Trinajstić information content (AvgIpc) is 3.66. The summed E-state index contributed by atoms with van der Waals surface area (Å²) in [5, 5.41) is 6.78. The first-order valence-electron chi connectivity index (χ1n) is 14.3. The van der Waals surface area contributed by atoms with E-state index in [0.29, 0.717) is 48.7 Å². The number of benzene rings is 2. The molecule has 0 bridgehead atoms. The Balaban J connectivity index is 1.44. The fraction of sp³-hybridized carbons (Fsp3) is 0.516.